The number of morpholine rings is 1. The van der Waals surface area contributed by atoms with Gasteiger partial charge in [-0.1, -0.05) is 5.16 Å². The van der Waals surface area contributed by atoms with Crippen molar-refractivity contribution in [1.29, 1.82) is 0 Å². The number of aromatic nitrogens is 1. The molecule has 2 aliphatic rings. The molecular formula is C20H27N5O5S. The molecule has 2 aliphatic heterocycles. The van der Waals surface area contributed by atoms with Crippen LogP contribution >= 0.6 is 0 Å². The van der Waals surface area contributed by atoms with E-state index in [1.165, 1.54) is 4.31 Å². The molecule has 2 N–H and O–H groups in total. The Kier molecular flexibility index (Phi) is 6.44. The number of anilines is 3. The first-order valence-corrected chi connectivity index (χ1v) is 11.8. The zero-order chi connectivity index (χ0) is 21.8. The number of nitrogens with zero attached hydrogens (tertiary/aromatic N) is 3. The van der Waals surface area contributed by atoms with E-state index in [1.54, 1.807) is 25.1 Å². The van der Waals surface area contributed by atoms with Crippen molar-refractivity contribution in [3.05, 3.63) is 30.0 Å². The molecule has 1 amide bonds. The predicted molar refractivity (Wildman–Crippen MR) is 116 cm³/mol. The molecule has 2 fully saturated rings. The quantitative estimate of drug-likeness (QED) is 0.655. The molecule has 2 aromatic rings. The molecule has 0 spiro atoms. The van der Waals surface area contributed by atoms with Gasteiger partial charge in [-0.15, -0.1) is 0 Å². The lowest BCUT2D eigenvalue weighted by Crippen LogP contribution is -2.40. The normalized spacial score (nSPS) is 17.6. The van der Waals surface area contributed by atoms with Crippen molar-refractivity contribution < 1.29 is 22.5 Å². The smallest absolute Gasteiger partial charge is 0.244 e. The van der Waals surface area contributed by atoms with E-state index in [0.29, 0.717) is 43.6 Å². The van der Waals surface area contributed by atoms with Crippen molar-refractivity contribution in [2.24, 2.45) is 0 Å². The van der Waals surface area contributed by atoms with E-state index in [2.05, 4.69) is 20.7 Å². The van der Waals surface area contributed by atoms with E-state index in [-0.39, 0.29) is 17.3 Å². The van der Waals surface area contributed by atoms with Crippen molar-refractivity contribution in [2.75, 3.05) is 61.5 Å². The molecule has 0 radical (unpaired) electrons. The topological polar surface area (TPSA) is 117 Å². The summed E-state index contributed by atoms with van der Waals surface area (Å²) in [6.45, 7) is 4.94. The maximum Gasteiger partial charge on any atom is 0.244 e. The number of rotatable bonds is 7. The number of sulfonamides is 1. The first-order chi connectivity index (χ1) is 14.9. The first kappa shape index (κ1) is 21.6. The Morgan fingerprint density at radius 2 is 1.87 bits per heavy atom. The van der Waals surface area contributed by atoms with Crippen LogP contribution in [0.25, 0.3) is 0 Å². The molecule has 0 saturated carbocycles. The van der Waals surface area contributed by atoms with Crippen LogP contribution in [0.1, 0.15) is 18.6 Å². The van der Waals surface area contributed by atoms with Crippen molar-refractivity contribution in [1.82, 2.24) is 9.46 Å². The van der Waals surface area contributed by atoms with Crippen LogP contribution in [0.4, 0.5) is 17.2 Å². The monoisotopic (exact) mass is 449 g/mol. The lowest BCUT2D eigenvalue weighted by molar-refractivity contribution is -0.114. The number of ether oxygens (including phenoxy) is 1. The molecule has 168 valence electrons. The van der Waals surface area contributed by atoms with Crippen molar-refractivity contribution in [3.63, 3.8) is 0 Å². The van der Waals surface area contributed by atoms with Crippen molar-refractivity contribution >= 4 is 33.1 Å². The number of benzene rings is 1. The predicted octanol–water partition coefficient (Wildman–Crippen LogP) is 1.65. The molecule has 0 aliphatic carbocycles. The van der Waals surface area contributed by atoms with Gasteiger partial charge in [0.1, 0.15) is 5.76 Å². The minimum atomic E-state index is -3.64. The Bertz CT molecular complexity index is 1030. The fourth-order valence-corrected chi connectivity index (χ4v) is 5.21. The molecule has 0 unspecified atom stereocenters. The van der Waals surface area contributed by atoms with Crippen molar-refractivity contribution in [2.45, 2.75) is 24.7 Å². The number of carbonyl (C=O) groups is 1. The summed E-state index contributed by atoms with van der Waals surface area (Å²) in [4.78, 5) is 14.7. The minimum absolute atomic E-state index is 0.0339. The molecule has 0 atom stereocenters. The largest absolute Gasteiger partial charge is 0.379 e. The second-order valence-corrected chi connectivity index (χ2v) is 9.55. The summed E-state index contributed by atoms with van der Waals surface area (Å²) in [6, 6.07) is 6.71. The summed E-state index contributed by atoms with van der Waals surface area (Å²) >= 11 is 0. The first-order valence-electron chi connectivity index (χ1n) is 10.4. The minimum Gasteiger partial charge on any atom is -0.379 e. The third kappa shape index (κ3) is 5.00. The zero-order valence-corrected chi connectivity index (χ0v) is 18.3. The fourth-order valence-electron chi connectivity index (χ4n) is 3.77. The highest BCUT2D eigenvalue weighted by Crippen LogP contribution is 2.32. The van der Waals surface area contributed by atoms with E-state index < -0.39 is 10.0 Å². The number of carbonyl (C=O) groups excluding carboxylic acids is 1. The van der Waals surface area contributed by atoms with E-state index in [9.17, 15) is 13.2 Å². The molecule has 10 nitrogen and oxygen atoms in total. The van der Waals surface area contributed by atoms with Crippen LogP contribution in [0, 0.1) is 6.92 Å². The summed E-state index contributed by atoms with van der Waals surface area (Å²) in [6.07, 6.45) is 2.17. The summed E-state index contributed by atoms with van der Waals surface area (Å²) < 4.78 is 37.8. The summed E-state index contributed by atoms with van der Waals surface area (Å²) in [5.74, 6) is 0.635. The van der Waals surface area contributed by atoms with Gasteiger partial charge in [-0.05, 0) is 38.0 Å². The van der Waals surface area contributed by atoms with Crippen LogP contribution in [0.5, 0.6) is 0 Å². The number of amides is 1. The van der Waals surface area contributed by atoms with Crippen LogP contribution in [0.15, 0.2) is 33.7 Å². The highest BCUT2D eigenvalue weighted by atomic mass is 32.2. The molecular weight excluding hydrogens is 422 g/mol. The summed E-state index contributed by atoms with van der Waals surface area (Å²) in [5.41, 5.74) is 1.51. The Hall–Kier alpha value is -2.63. The van der Waals surface area contributed by atoms with Gasteiger partial charge in [0.25, 0.3) is 0 Å². The summed E-state index contributed by atoms with van der Waals surface area (Å²) in [5, 5.41) is 9.52. The molecule has 1 aromatic carbocycles. The van der Waals surface area contributed by atoms with E-state index in [4.69, 9.17) is 9.26 Å². The third-order valence-corrected chi connectivity index (χ3v) is 7.25. The van der Waals surface area contributed by atoms with Gasteiger partial charge in [-0.25, -0.2) is 8.42 Å². The van der Waals surface area contributed by atoms with Crippen LogP contribution in [0.3, 0.4) is 0 Å². The number of hydrogen-bond acceptors (Lipinski definition) is 8. The second kappa shape index (κ2) is 9.25. The second-order valence-electron chi connectivity index (χ2n) is 7.61. The van der Waals surface area contributed by atoms with Crippen LogP contribution in [0.2, 0.25) is 0 Å². The van der Waals surface area contributed by atoms with E-state index in [1.807, 2.05) is 6.07 Å². The molecule has 31 heavy (non-hydrogen) atoms. The highest BCUT2D eigenvalue weighted by molar-refractivity contribution is 7.89. The molecule has 3 heterocycles. The number of hydrogen-bond donors (Lipinski definition) is 2. The third-order valence-electron chi connectivity index (χ3n) is 5.36. The van der Waals surface area contributed by atoms with Gasteiger partial charge in [0.15, 0.2) is 5.82 Å². The van der Waals surface area contributed by atoms with Gasteiger partial charge < -0.3 is 24.8 Å². The molecule has 0 bridgehead atoms. The van der Waals surface area contributed by atoms with Gasteiger partial charge in [0.2, 0.25) is 15.9 Å². The fraction of sp³-hybridized carbons (Fsp3) is 0.500. The van der Waals surface area contributed by atoms with Crippen LogP contribution in [-0.2, 0) is 19.6 Å². The van der Waals surface area contributed by atoms with Gasteiger partial charge in [0.05, 0.1) is 36.0 Å². The summed E-state index contributed by atoms with van der Waals surface area (Å²) in [7, 11) is -3.64. The molecule has 4 rings (SSSR count). The zero-order valence-electron chi connectivity index (χ0n) is 17.5. The lowest BCUT2D eigenvalue weighted by atomic mass is 10.2. The maximum absolute atomic E-state index is 13.1. The van der Waals surface area contributed by atoms with Crippen LogP contribution in [-0.4, -0.2) is 69.7 Å². The molecule has 1 aromatic heterocycles. The van der Waals surface area contributed by atoms with Gasteiger partial charge in [-0.2, -0.15) is 4.31 Å². The SMILES string of the molecule is Cc1cc(NC(=O)CNc2cc(S(=O)(=O)N3CCOCC3)ccc2N2CCCC2)no1. The van der Waals surface area contributed by atoms with Crippen LogP contribution < -0.4 is 15.5 Å². The highest BCUT2D eigenvalue weighted by Gasteiger charge is 2.28. The average Bonchev–Trinajstić information content (AvgIpc) is 3.44. The lowest BCUT2D eigenvalue weighted by Gasteiger charge is -2.27. The maximum atomic E-state index is 13.1. The Morgan fingerprint density at radius 3 is 2.55 bits per heavy atom. The number of aryl methyl sites for hydroxylation is 1. The average molecular weight is 450 g/mol. The van der Waals surface area contributed by atoms with E-state index in [0.717, 1.165) is 31.6 Å². The molecule has 11 heteroatoms. The standard InChI is InChI=1S/C20H27N5O5S/c1-15-12-19(23-30-15)22-20(26)14-21-17-13-16(4-5-18(17)24-6-2-3-7-24)31(27,28)25-8-10-29-11-9-25/h4-5,12-13,21H,2-3,6-11,14H2,1H3,(H,22,23,26). The Labute approximate surface area is 181 Å². The van der Waals surface area contributed by atoms with Crippen molar-refractivity contribution in [3.8, 4) is 0 Å². The van der Waals surface area contributed by atoms with Gasteiger partial charge >= 0.3 is 0 Å². The van der Waals surface area contributed by atoms with E-state index >= 15 is 0 Å². The van der Waals surface area contributed by atoms with Gasteiger partial charge in [0, 0.05) is 32.2 Å². The van der Waals surface area contributed by atoms with Gasteiger partial charge in [-0.3, -0.25) is 4.79 Å². The number of nitrogens with one attached hydrogen (secondary N) is 2. The Morgan fingerprint density at radius 1 is 1.13 bits per heavy atom. The molecule has 2 saturated heterocycles. The Balaban J connectivity index is 1.54.